The van der Waals surface area contributed by atoms with Gasteiger partial charge in [-0.25, -0.2) is 8.42 Å². The van der Waals surface area contributed by atoms with Gasteiger partial charge in [0.1, 0.15) is 11.5 Å². The summed E-state index contributed by atoms with van der Waals surface area (Å²) in [6, 6.07) is 11.5. The highest BCUT2D eigenvalue weighted by molar-refractivity contribution is 7.90. The lowest BCUT2D eigenvalue weighted by atomic mass is 9.69. The van der Waals surface area contributed by atoms with Crippen LogP contribution in [0.1, 0.15) is 56.3 Å². The van der Waals surface area contributed by atoms with E-state index < -0.39 is 9.84 Å². The van der Waals surface area contributed by atoms with E-state index in [-0.39, 0.29) is 44.9 Å². The second-order valence-corrected chi connectivity index (χ2v) is 11.0. The van der Waals surface area contributed by atoms with E-state index in [1.807, 2.05) is 0 Å². The molecule has 1 aromatic heterocycles. The van der Waals surface area contributed by atoms with Crippen LogP contribution in [0.15, 0.2) is 51.8 Å². The Hall–Kier alpha value is -2.08. The van der Waals surface area contributed by atoms with Crippen molar-refractivity contribution in [2.45, 2.75) is 56.7 Å². The van der Waals surface area contributed by atoms with Gasteiger partial charge in [-0.1, -0.05) is 39.0 Å². The smallest absolute Gasteiger partial charge is 0.287 e. The first-order chi connectivity index (χ1) is 13.1. The molecule has 0 radical (unpaired) electrons. The Morgan fingerprint density at radius 2 is 1.86 bits per heavy atom. The molecule has 2 bridgehead atoms. The summed E-state index contributed by atoms with van der Waals surface area (Å²) in [6.07, 6.45) is 3.33. The highest BCUT2D eigenvalue weighted by Crippen LogP contribution is 2.65. The monoisotopic (exact) mass is 401 g/mol. The van der Waals surface area contributed by atoms with Crippen molar-refractivity contribution in [3.63, 3.8) is 0 Å². The molecule has 3 atom stereocenters. The Morgan fingerprint density at radius 1 is 1.14 bits per heavy atom. The number of furan rings is 1. The Morgan fingerprint density at radius 3 is 2.46 bits per heavy atom. The number of sulfone groups is 1. The molecular formula is C22H27NO4S. The molecule has 2 aromatic rings. The fourth-order valence-corrected chi connectivity index (χ4v) is 6.40. The summed E-state index contributed by atoms with van der Waals surface area (Å²) in [5.74, 6) is 0.542. The number of fused-ring (bicyclic) bond motifs is 2. The van der Waals surface area contributed by atoms with E-state index in [2.05, 4.69) is 26.1 Å². The van der Waals surface area contributed by atoms with Crippen LogP contribution in [-0.4, -0.2) is 20.4 Å². The molecule has 2 fully saturated rings. The zero-order chi connectivity index (χ0) is 20.2. The predicted molar refractivity (Wildman–Crippen MR) is 107 cm³/mol. The van der Waals surface area contributed by atoms with Crippen molar-refractivity contribution < 1.29 is 17.6 Å². The minimum absolute atomic E-state index is 0.0827. The number of hydrogen-bond donors (Lipinski definition) is 1. The fraction of sp³-hybridized carbons (Fsp3) is 0.500. The van der Waals surface area contributed by atoms with Gasteiger partial charge < -0.3 is 9.73 Å². The van der Waals surface area contributed by atoms with Crippen LogP contribution in [0.3, 0.4) is 0 Å². The van der Waals surface area contributed by atoms with E-state index >= 15 is 0 Å². The van der Waals surface area contributed by atoms with Crippen molar-refractivity contribution in [2.24, 2.45) is 16.7 Å². The van der Waals surface area contributed by atoms with E-state index in [4.69, 9.17) is 4.42 Å². The van der Waals surface area contributed by atoms with E-state index in [1.165, 1.54) is 6.42 Å². The molecule has 4 rings (SSSR count). The van der Waals surface area contributed by atoms with Gasteiger partial charge in [0.25, 0.3) is 5.91 Å². The Kier molecular flexibility index (Phi) is 4.45. The van der Waals surface area contributed by atoms with Gasteiger partial charge in [-0.05, 0) is 60.3 Å². The van der Waals surface area contributed by atoms with Crippen LogP contribution in [-0.2, 0) is 15.6 Å². The SMILES string of the molecule is CC1(C)[C@@H]2CC[C@@]1(C)[C@H](NC(=O)c1ccc(CS(=O)(=O)c3ccccc3)o1)C2. The molecular weight excluding hydrogens is 374 g/mol. The summed E-state index contributed by atoms with van der Waals surface area (Å²) < 4.78 is 30.6. The fourth-order valence-electron chi connectivity index (χ4n) is 5.13. The highest BCUT2D eigenvalue weighted by Gasteiger charge is 2.61. The predicted octanol–water partition coefficient (Wildman–Crippen LogP) is 4.20. The van der Waals surface area contributed by atoms with Crippen LogP contribution < -0.4 is 5.32 Å². The number of benzene rings is 1. The largest absolute Gasteiger partial charge is 0.455 e. The Balaban J connectivity index is 1.46. The molecule has 1 N–H and O–H groups in total. The molecule has 150 valence electrons. The third-order valence-electron chi connectivity index (χ3n) is 7.42. The Bertz CT molecular complexity index is 993. The van der Waals surface area contributed by atoms with Gasteiger partial charge >= 0.3 is 0 Å². The second kappa shape index (κ2) is 6.48. The van der Waals surface area contributed by atoms with Crippen LogP contribution in [0.4, 0.5) is 0 Å². The van der Waals surface area contributed by atoms with Gasteiger partial charge in [0, 0.05) is 6.04 Å². The maximum absolute atomic E-state index is 12.7. The number of carbonyl (C=O) groups is 1. The number of amides is 1. The molecule has 0 saturated heterocycles. The first-order valence-electron chi connectivity index (χ1n) is 9.81. The maximum atomic E-state index is 12.7. The molecule has 1 heterocycles. The number of nitrogens with one attached hydrogen (secondary N) is 1. The lowest BCUT2D eigenvalue weighted by molar-refractivity contribution is 0.0799. The number of hydrogen-bond acceptors (Lipinski definition) is 4. The summed E-state index contributed by atoms with van der Waals surface area (Å²) in [6.45, 7) is 6.87. The normalized spacial score (nSPS) is 28.4. The maximum Gasteiger partial charge on any atom is 0.287 e. The van der Waals surface area contributed by atoms with E-state index in [1.54, 1.807) is 42.5 Å². The standard InChI is InChI=1S/C22H27NO4S/c1-21(2)15-11-12-22(21,3)19(13-15)23-20(24)18-10-9-16(27-18)14-28(25,26)17-7-5-4-6-8-17/h4-10,15,19H,11-14H2,1-3H3,(H,23,24)/t15-,19-,22+/m1/s1. The topological polar surface area (TPSA) is 76.4 Å². The quantitative estimate of drug-likeness (QED) is 0.815. The molecule has 2 aliphatic rings. The molecule has 5 nitrogen and oxygen atoms in total. The summed E-state index contributed by atoms with van der Waals surface area (Å²) >= 11 is 0. The minimum atomic E-state index is -3.51. The van der Waals surface area contributed by atoms with Crippen molar-refractivity contribution in [2.75, 3.05) is 0 Å². The zero-order valence-corrected chi connectivity index (χ0v) is 17.4. The van der Waals surface area contributed by atoms with E-state index in [9.17, 15) is 13.2 Å². The molecule has 2 saturated carbocycles. The summed E-state index contributed by atoms with van der Waals surface area (Å²) in [5, 5.41) is 3.15. The van der Waals surface area contributed by atoms with Crippen LogP contribution in [0.5, 0.6) is 0 Å². The second-order valence-electron chi connectivity index (χ2n) is 8.97. The van der Waals surface area contributed by atoms with Crippen LogP contribution in [0, 0.1) is 16.7 Å². The summed E-state index contributed by atoms with van der Waals surface area (Å²) in [5.41, 5.74) is 0.294. The molecule has 1 aromatic carbocycles. The van der Waals surface area contributed by atoms with E-state index in [0.717, 1.165) is 12.8 Å². The summed E-state index contributed by atoms with van der Waals surface area (Å²) in [7, 11) is -3.51. The van der Waals surface area contributed by atoms with Crippen molar-refractivity contribution in [3.05, 3.63) is 54.0 Å². The first-order valence-corrected chi connectivity index (χ1v) is 11.5. The van der Waals surface area contributed by atoms with Crippen LogP contribution in [0.25, 0.3) is 0 Å². The average molecular weight is 402 g/mol. The summed E-state index contributed by atoms with van der Waals surface area (Å²) in [4.78, 5) is 13.0. The van der Waals surface area contributed by atoms with Gasteiger partial charge in [-0.15, -0.1) is 0 Å². The molecule has 0 spiro atoms. The first kappa shape index (κ1) is 19.2. The van der Waals surface area contributed by atoms with Crippen molar-refractivity contribution in [3.8, 4) is 0 Å². The van der Waals surface area contributed by atoms with Crippen LogP contribution in [0.2, 0.25) is 0 Å². The van der Waals surface area contributed by atoms with Crippen molar-refractivity contribution >= 4 is 15.7 Å². The number of rotatable bonds is 5. The molecule has 28 heavy (non-hydrogen) atoms. The van der Waals surface area contributed by atoms with Gasteiger partial charge in [0.05, 0.1) is 4.90 Å². The molecule has 0 aliphatic heterocycles. The lowest BCUT2D eigenvalue weighted by Crippen LogP contribution is -2.46. The third-order valence-corrected chi connectivity index (χ3v) is 9.07. The molecule has 0 unspecified atom stereocenters. The minimum Gasteiger partial charge on any atom is -0.455 e. The molecule has 1 amide bonds. The third kappa shape index (κ3) is 2.98. The number of carbonyl (C=O) groups excluding carboxylic acids is 1. The van der Waals surface area contributed by atoms with Gasteiger partial charge in [-0.3, -0.25) is 4.79 Å². The van der Waals surface area contributed by atoms with Gasteiger partial charge in [0.15, 0.2) is 15.6 Å². The van der Waals surface area contributed by atoms with Crippen molar-refractivity contribution in [1.29, 1.82) is 0 Å². The highest BCUT2D eigenvalue weighted by atomic mass is 32.2. The average Bonchev–Trinajstić information content (AvgIpc) is 3.25. The van der Waals surface area contributed by atoms with Gasteiger partial charge in [-0.2, -0.15) is 0 Å². The molecule has 2 aliphatic carbocycles. The zero-order valence-electron chi connectivity index (χ0n) is 16.6. The molecule has 6 heteroatoms. The lowest BCUT2D eigenvalue weighted by Gasteiger charge is -2.39. The van der Waals surface area contributed by atoms with E-state index in [0.29, 0.717) is 5.92 Å². The van der Waals surface area contributed by atoms with Gasteiger partial charge in [0.2, 0.25) is 0 Å². The van der Waals surface area contributed by atoms with Crippen molar-refractivity contribution in [1.82, 2.24) is 5.32 Å². The Labute approximate surface area is 166 Å². The van der Waals surface area contributed by atoms with Crippen LogP contribution >= 0.6 is 0 Å².